The van der Waals surface area contributed by atoms with Crippen LogP contribution in [0.3, 0.4) is 0 Å². The molecule has 1 aliphatic carbocycles. The Balaban J connectivity index is 1.56. The number of carbonyl (C=O) groups excluding carboxylic acids is 1. The fourth-order valence-electron chi connectivity index (χ4n) is 3.23. The molecular weight excluding hydrogens is 302 g/mol. The molecule has 4 rings (SSSR count). The van der Waals surface area contributed by atoms with Crippen LogP contribution in [0, 0.1) is 5.92 Å². The molecule has 1 N–H and O–H groups in total. The van der Waals surface area contributed by atoms with E-state index in [1.54, 1.807) is 12.4 Å². The van der Waals surface area contributed by atoms with Crippen molar-refractivity contribution in [3.05, 3.63) is 42.7 Å². The Hall–Kier alpha value is -2.69. The average molecular weight is 321 g/mol. The number of aromatic nitrogens is 2. The monoisotopic (exact) mass is 321 g/mol. The van der Waals surface area contributed by atoms with Gasteiger partial charge in [0.2, 0.25) is 11.8 Å². The van der Waals surface area contributed by atoms with Gasteiger partial charge in [-0.1, -0.05) is 19.3 Å². The van der Waals surface area contributed by atoms with Gasteiger partial charge in [-0.3, -0.25) is 9.78 Å². The van der Waals surface area contributed by atoms with Gasteiger partial charge in [-0.05, 0) is 43.2 Å². The second-order valence-electron chi connectivity index (χ2n) is 6.26. The second kappa shape index (κ2) is 6.43. The Bertz CT molecular complexity index is 851. The predicted molar refractivity (Wildman–Crippen MR) is 92.4 cm³/mol. The normalized spacial score (nSPS) is 15.5. The number of hydrogen-bond donors (Lipinski definition) is 1. The predicted octanol–water partition coefficient (Wildman–Crippen LogP) is 4.41. The van der Waals surface area contributed by atoms with Crippen molar-refractivity contribution in [2.45, 2.75) is 32.1 Å². The van der Waals surface area contributed by atoms with Crippen LogP contribution in [-0.4, -0.2) is 15.9 Å². The van der Waals surface area contributed by atoms with Gasteiger partial charge in [0, 0.05) is 29.6 Å². The third kappa shape index (κ3) is 3.02. The van der Waals surface area contributed by atoms with Gasteiger partial charge in [0.15, 0.2) is 5.58 Å². The lowest BCUT2D eigenvalue weighted by Crippen LogP contribution is -2.24. The van der Waals surface area contributed by atoms with E-state index in [-0.39, 0.29) is 11.8 Å². The van der Waals surface area contributed by atoms with E-state index in [4.69, 9.17) is 4.42 Å². The minimum Gasteiger partial charge on any atom is -0.436 e. The molecule has 1 aliphatic rings. The highest BCUT2D eigenvalue weighted by molar-refractivity contribution is 5.94. The molecule has 0 aliphatic heterocycles. The van der Waals surface area contributed by atoms with E-state index < -0.39 is 0 Å². The van der Waals surface area contributed by atoms with Crippen molar-refractivity contribution >= 4 is 22.7 Å². The summed E-state index contributed by atoms with van der Waals surface area (Å²) in [7, 11) is 0. The molecule has 5 heteroatoms. The van der Waals surface area contributed by atoms with Gasteiger partial charge in [0.05, 0.1) is 0 Å². The fraction of sp³-hybridized carbons (Fsp3) is 0.316. The molecule has 2 heterocycles. The van der Waals surface area contributed by atoms with Crippen molar-refractivity contribution in [1.29, 1.82) is 0 Å². The molecule has 5 nitrogen and oxygen atoms in total. The number of oxazole rings is 1. The quantitative estimate of drug-likeness (QED) is 0.776. The lowest BCUT2D eigenvalue weighted by atomic mass is 9.88. The van der Waals surface area contributed by atoms with Crippen molar-refractivity contribution in [2.75, 3.05) is 5.32 Å². The Kier molecular flexibility index (Phi) is 3.99. The largest absolute Gasteiger partial charge is 0.436 e. The number of nitrogens with one attached hydrogen (secondary N) is 1. The van der Waals surface area contributed by atoms with Gasteiger partial charge in [0.1, 0.15) is 5.52 Å². The molecule has 0 spiro atoms. The Labute approximate surface area is 140 Å². The molecule has 1 saturated carbocycles. The number of amides is 1. The number of benzene rings is 1. The summed E-state index contributed by atoms with van der Waals surface area (Å²) in [5.74, 6) is 0.814. The zero-order chi connectivity index (χ0) is 16.4. The maximum Gasteiger partial charge on any atom is 0.227 e. The summed E-state index contributed by atoms with van der Waals surface area (Å²) >= 11 is 0. The summed E-state index contributed by atoms with van der Waals surface area (Å²) in [6.45, 7) is 0. The van der Waals surface area contributed by atoms with Crippen LogP contribution in [0.25, 0.3) is 22.6 Å². The number of rotatable bonds is 3. The maximum atomic E-state index is 12.4. The standard InChI is InChI=1S/C19H19N3O2/c23-18(13-4-2-1-3-5-13)21-15-6-7-17-16(12-15)22-19(24-17)14-8-10-20-11-9-14/h6-13H,1-5H2,(H,21,23). The molecule has 0 radical (unpaired) electrons. The van der Waals surface area contributed by atoms with Crippen molar-refractivity contribution in [1.82, 2.24) is 9.97 Å². The smallest absolute Gasteiger partial charge is 0.227 e. The number of nitrogens with zero attached hydrogens (tertiary/aromatic N) is 2. The molecule has 0 bridgehead atoms. The molecule has 2 aromatic heterocycles. The Morgan fingerprint density at radius 2 is 1.88 bits per heavy atom. The van der Waals surface area contributed by atoms with Crippen LogP contribution in [0.2, 0.25) is 0 Å². The topological polar surface area (TPSA) is 68.0 Å². The Morgan fingerprint density at radius 1 is 1.08 bits per heavy atom. The number of hydrogen-bond acceptors (Lipinski definition) is 4. The Morgan fingerprint density at radius 3 is 2.67 bits per heavy atom. The summed E-state index contributed by atoms with van der Waals surface area (Å²) in [5.41, 5.74) is 3.10. The molecule has 122 valence electrons. The summed E-state index contributed by atoms with van der Waals surface area (Å²) in [6, 6.07) is 9.30. The first kappa shape index (κ1) is 14.9. The van der Waals surface area contributed by atoms with Crippen LogP contribution in [-0.2, 0) is 4.79 Å². The number of anilines is 1. The zero-order valence-electron chi connectivity index (χ0n) is 13.4. The van der Waals surface area contributed by atoms with Crippen LogP contribution in [0.1, 0.15) is 32.1 Å². The van der Waals surface area contributed by atoms with Crippen molar-refractivity contribution in [2.24, 2.45) is 5.92 Å². The molecule has 0 unspecified atom stereocenters. The van der Waals surface area contributed by atoms with Gasteiger partial charge >= 0.3 is 0 Å². The van der Waals surface area contributed by atoms with Crippen LogP contribution >= 0.6 is 0 Å². The summed E-state index contributed by atoms with van der Waals surface area (Å²) in [6.07, 6.45) is 8.94. The summed E-state index contributed by atoms with van der Waals surface area (Å²) < 4.78 is 5.78. The molecule has 24 heavy (non-hydrogen) atoms. The van der Waals surface area contributed by atoms with Crippen LogP contribution in [0.4, 0.5) is 5.69 Å². The van der Waals surface area contributed by atoms with Crippen molar-refractivity contribution in [3.8, 4) is 11.5 Å². The lowest BCUT2D eigenvalue weighted by Gasteiger charge is -2.20. The van der Waals surface area contributed by atoms with Crippen molar-refractivity contribution < 1.29 is 9.21 Å². The third-order valence-corrected chi connectivity index (χ3v) is 4.56. The van der Waals surface area contributed by atoms with Gasteiger partial charge in [-0.25, -0.2) is 4.98 Å². The SMILES string of the molecule is O=C(Nc1ccc2oc(-c3ccncc3)nc2c1)C1CCCCC1. The highest BCUT2D eigenvalue weighted by Gasteiger charge is 2.21. The first-order valence-electron chi connectivity index (χ1n) is 8.41. The minimum atomic E-state index is 0.118. The molecule has 0 saturated heterocycles. The highest BCUT2D eigenvalue weighted by atomic mass is 16.3. The molecule has 1 fully saturated rings. The van der Waals surface area contributed by atoms with E-state index in [0.717, 1.165) is 42.5 Å². The van der Waals surface area contributed by atoms with E-state index >= 15 is 0 Å². The minimum absolute atomic E-state index is 0.118. The number of fused-ring (bicyclic) bond motifs is 1. The van der Waals surface area contributed by atoms with E-state index in [1.807, 2.05) is 30.3 Å². The zero-order valence-corrected chi connectivity index (χ0v) is 13.4. The van der Waals surface area contributed by atoms with Crippen molar-refractivity contribution in [3.63, 3.8) is 0 Å². The van der Waals surface area contributed by atoms with Gasteiger partial charge in [-0.2, -0.15) is 0 Å². The maximum absolute atomic E-state index is 12.4. The van der Waals surface area contributed by atoms with E-state index in [1.165, 1.54) is 6.42 Å². The number of carbonyl (C=O) groups is 1. The van der Waals surface area contributed by atoms with Crippen LogP contribution < -0.4 is 5.32 Å². The molecule has 1 aromatic carbocycles. The molecule has 1 amide bonds. The van der Waals surface area contributed by atoms with Crippen LogP contribution in [0.5, 0.6) is 0 Å². The fourth-order valence-corrected chi connectivity index (χ4v) is 3.23. The van der Waals surface area contributed by atoms with Gasteiger partial charge in [-0.15, -0.1) is 0 Å². The third-order valence-electron chi connectivity index (χ3n) is 4.56. The van der Waals surface area contributed by atoms with E-state index in [0.29, 0.717) is 11.5 Å². The molecule has 0 atom stereocenters. The highest BCUT2D eigenvalue weighted by Crippen LogP contribution is 2.28. The van der Waals surface area contributed by atoms with E-state index in [9.17, 15) is 4.79 Å². The van der Waals surface area contributed by atoms with Gasteiger partial charge in [0.25, 0.3) is 0 Å². The number of pyridine rings is 1. The molecular formula is C19H19N3O2. The first-order chi connectivity index (χ1) is 11.8. The van der Waals surface area contributed by atoms with Gasteiger partial charge < -0.3 is 9.73 Å². The summed E-state index contributed by atoms with van der Waals surface area (Å²) in [5, 5.41) is 3.02. The van der Waals surface area contributed by atoms with E-state index in [2.05, 4.69) is 15.3 Å². The second-order valence-corrected chi connectivity index (χ2v) is 6.26. The average Bonchev–Trinajstić information content (AvgIpc) is 3.06. The molecule has 3 aromatic rings. The first-order valence-corrected chi connectivity index (χ1v) is 8.41. The lowest BCUT2D eigenvalue weighted by molar-refractivity contribution is -0.120. The van der Waals surface area contributed by atoms with Crippen LogP contribution in [0.15, 0.2) is 47.1 Å². The summed E-state index contributed by atoms with van der Waals surface area (Å²) in [4.78, 5) is 20.9.